The SMILES string of the molecule is CCCCCCNC(=O)[C@@H](C[B]C=O)CCCN=C(N)N[N+](=O)[O-]. The van der Waals surface area contributed by atoms with Gasteiger partial charge in [0.1, 0.15) is 0 Å². The average molecular weight is 340 g/mol. The second-order valence-electron chi connectivity index (χ2n) is 5.43. The van der Waals surface area contributed by atoms with Gasteiger partial charge in [-0.2, -0.15) is 0 Å². The van der Waals surface area contributed by atoms with Crippen LogP contribution in [0.15, 0.2) is 4.99 Å². The van der Waals surface area contributed by atoms with Gasteiger partial charge in [-0.3, -0.25) is 4.79 Å². The molecule has 0 rings (SSSR count). The van der Waals surface area contributed by atoms with Crippen LogP contribution in [0, 0.1) is 16.0 Å². The maximum atomic E-state index is 12.1. The number of nitrogens with two attached hydrogens (primary N) is 1. The fraction of sp³-hybridized carbons (Fsp3) is 0.786. The van der Waals surface area contributed by atoms with Crippen LogP contribution in [0.3, 0.4) is 0 Å². The van der Waals surface area contributed by atoms with Crippen molar-refractivity contribution in [2.45, 2.75) is 51.8 Å². The molecule has 1 amide bonds. The molecule has 0 fully saturated rings. The van der Waals surface area contributed by atoms with Crippen molar-refractivity contribution >= 4 is 25.3 Å². The second kappa shape index (κ2) is 14.5. The van der Waals surface area contributed by atoms with Gasteiger partial charge in [0.05, 0.1) is 6.19 Å². The number of carbonyl (C=O) groups excluding carboxylic acids is 2. The number of hydrogen-bond acceptors (Lipinski definition) is 5. The van der Waals surface area contributed by atoms with Gasteiger partial charge in [-0.15, -0.1) is 0 Å². The van der Waals surface area contributed by atoms with Gasteiger partial charge < -0.3 is 15.8 Å². The Morgan fingerprint density at radius 2 is 2.12 bits per heavy atom. The molecule has 1 atom stereocenters. The van der Waals surface area contributed by atoms with E-state index >= 15 is 0 Å². The summed E-state index contributed by atoms with van der Waals surface area (Å²) >= 11 is 0. The highest BCUT2D eigenvalue weighted by Gasteiger charge is 2.17. The Balaban J connectivity index is 4.17. The number of aliphatic imine (C=N–C) groups is 1. The summed E-state index contributed by atoms with van der Waals surface area (Å²) in [6, 6.07) is 0. The molecule has 0 aliphatic carbocycles. The van der Waals surface area contributed by atoms with Crippen molar-refractivity contribution in [2.75, 3.05) is 13.1 Å². The molecular weight excluding hydrogens is 313 g/mol. The number of nitrogens with zero attached hydrogens (tertiary/aromatic N) is 2. The van der Waals surface area contributed by atoms with E-state index in [0.717, 1.165) is 25.7 Å². The van der Waals surface area contributed by atoms with Crippen LogP contribution < -0.4 is 16.5 Å². The van der Waals surface area contributed by atoms with E-state index in [4.69, 9.17) is 5.73 Å². The Hall–Kier alpha value is -2.13. The van der Waals surface area contributed by atoms with Crippen molar-refractivity contribution in [1.82, 2.24) is 10.7 Å². The van der Waals surface area contributed by atoms with Crippen LogP contribution in [0.5, 0.6) is 0 Å². The van der Waals surface area contributed by atoms with Crippen LogP contribution in [0.4, 0.5) is 0 Å². The largest absolute Gasteiger partial charge is 0.365 e. The number of hydrazine groups is 1. The third-order valence-electron chi connectivity index (χ3n) is 3.42. The van der Waals surface area contributed by atoms with Gasteiger partial charge in [0.25, 0.3) is 5.96 Å². The first kappa shape index (κ1) is 21.9. The number of carbonyl (C=O) groups is 2. The Morgan fingerprint density at radius 3 is 2.75 bits per heavy atom. The molecule has 135 valence electrons. The van der Waals surface area contributed by atoms with Crippen LogP contribution in [0.1, 0.15) is 45.4 Å². The zero-order valence-electron chi connectivity index (χ0n) is 14.2. The van der Waals surface area contributed by atoms with E-state index in [2.05, 4.69) is 17.2 Å². The van der Waals surface area contributed by atoms with E-state index in [1.165, 1.54) is 7.28 Å². The summed E-state index contributed by atoms with van der Waals surface area (Å²) < 4.78 is 0. The molecule has 0 heterocycles. The molecule has 4 N–H and O–H groups in total. The Kier molecular flexibility index (Phi) is 13.2. The molecule has 0 aromatic carbocycles. The highest BCUT2D eigenvalue weighted by atomic mass is 16.7. The van der Waals surface area contributed by atoms with E-state index in [1.54, 1.807) is 5.43 Å². The molecule has 0 saturated carbocycles. The molecule has 0 aliphatic rings. The smallest absolute Gasteiger partial charge is 0.251 e. The lowest BCUT2D eigenvalue weighted by Gasteiger charge is -2.15. The monoisotopic (exact) mass is 340 g/mol. The lowest BCUT2D eigenvalue weighted by molar-refractivity contribution is -0.525. The zero-order valence-corrected chi connectivity index (χ0v) is 14.2. The molecule has 0 saturated heterocycles. The molecule has 10 heteroatoms. The third-order valence-corrected chi connectivity index (χ3v) is 3.42. The van der Waals surface area contributed by atoms with Crippen molar-refractivity contribution in [3.8, 4) is 0 Å². The Labute approximate surface area is 143 Å². The molecule has 24 heavy (non-hydrogen) atoms. The molecule has 0 unspecified atom stereocenters. The fourth-order valence-electron chi connectivity index (χ4n) is 2.15. The lowest BCUT2D eigenvalue weighted by Crippen LogP contribution is -2.36. The summed E-state index contributed by atoms with van der Waals surface area (Å²) in [4.78, 5) is 36.6. The molecule has 0 spiro atoms. The van der Waals surface area contributed by atoms with Crippen LogP contribution in [0.2, 0.25) is 6.32 Å². The first-order valence-electron chi connectivity index (χ1n) is 8.26. The van der Waals surface area contributed by atoms with Crippen LogP contribution >= 0.6 is 0 Å². The van der Waals surface area contributed by atoms with Gasteiger partial charge in [0.15, 0.2) is 12.3 Å². The predicted octanol–water partition coefficient (Wildman–Crippen LogP) is 0.488. The van der Waals surface area contributed by atoms with E-state index in [0.29, 0.717) is 31.9 Å². The normalized spacial score (nSPS) is 12.3. The minimum absolute atomic E-state index is 0.0787. The zero-order chi connectivity index (χ0) is 18.2. The molecule has 1 radical (unpaired) electrons. The predicted molar refractivity (Wildman–Crippen MR) is 93.8 cm³/mol. The number of nitrogens with one attached hydrogen (secondary N) is 2. The third kappa shape index (κ3) is 12.4. The van der Waals surface area contributed by atoms with Crippen LogP contribution in [-0.2, 0) is 9.59 Å². The van der Waals surface area contributed by atoms with E-state index < -0.39 is 5.03 Å². The first-order chi connectivity index (χ1) is 11.5. The maximum Gasteiger partial charge on any atom is 0.251 e. The number of rotatable bonds is 14. The van der Waals surface area contributed by atoms with Crippen molar-refractivity contribution in [2.24, 2.45) is 16.6 Å². The highest BCUT2D eigenvalue weighted by molar-refractivity contribution is 6.66. The van der Waals surface area contributed by atoms with Gasteiger partial charge in [-0.05, 0) is 19.3 Å². The van der Waals surface area contributed by atoms with Gasteiger partial charge >= 0.3 is 0 Å². The van der Waals surface area contributed by atoms with E-state index in [-0.39, 0.29) is 24.3 Å². The van der Waals surface area contributed by atoms with Crippen molar-refractivity contribution in [3.63, 3.8) is 0 Å². The summed E-state index contributed by atoms with van der Waals surface area (Å²) in [6.07, 6.45) is 6.43. The van der Waals surface area contributed by atoms with Gasteiger partial charge in [-0.1, -0.05) is 37.9 Å². The Morgan fingerprint density at radius 1 is 1.38 bits per heavy atom. The van der Waals surface area contributed by atoms with Crippen LogP contribution in [-0.4, -0.2) is 43.5 Å². The van der Waals surface area contributed by atoms with E-state index in [1.807, 2.05) is 0 Å². The minimum atomic E-state index is -0.785. The maximum absolute atomic E-state index is 12.1. The standard InChI is InChI=1S/C14H27BN5O4/c1-2-3-4-5-8-17-13(22)12(10-15-11-21)7-6-9-18-14(16)19-20(23)24/h11-12H,2-10H2,1H3,(H,17,22)(H3,16,18,19)/t12-/m1/s1. The van der Waals surface area contributed by atoms with Crippen molar-refractivity contribution in [3.05, 3.63) is 10.1 Å². The number of hydrogen-bond donors (Lipinski definition) is 3. The summed E-state index contributed by atoms with van der Waals surface area (Å²) in [5.74, 6) is -0.650. The van der Waals surface area contributed by atoms with Crippen molar-refractivity contribution in [1.29, 1.82) is 0 Å². The fourth-order valence-corrected chi connectivity index (χ4v) is 2.15. The molecule has 0 aromatic rings. The minimum Gasteiger partial charge on any atom is -0.365 e. The van der Waals surface area contributed by atoms with Gasteiger partial charge in [0, 0.05) is 19.0 Å². The van der Waals surface area contributed by atoms with Crippen LogP contribution in [0.25, 0.3) is 0 Å². The lowest BCUT2D eigenvalue weighted by atomic mass is 9.70. The molecule has 0 aliphatic heterocycles. The number of nitro groups is 1. The van der Waals surface area contributed by atoms with Gasteiger partial charge in [0.2, 0.25) is 5.91 Å². The second-order valence-corrected chi connectivity index (χ2v) is 5.43. The quantitative estimate of drug-likeness (QED) is 0.0799. The summed E-state index contributed by atoms with van der Waals surface area (Å²) in [7, 11) is 1.42. The highest BCUT2D eigenvalue weighted by Crippen LogP contribution is 2.12. The summed E-state index contributed by atoms with van der Waals surface area (Å²) in [6.45, 7) is 3.03. The first-order valence-corrected chi connectivity index (χ1v) is 8.26. The molecule has 9 nitrogen and oxygen atoms in total. The summed E-state index contributed by atoms with van der Waals surface area (Å²) in [5, 5.41) is 12.3. The number of unbranched alkanes of at least 4 members (excludes halogenated alkanes) is 3. The average Bonchev–Trinajstić information content (AvgIpc) is 2.53. The molecule has 0 bridgehead atoms. The Bertz CT molecular complexity index is 420. The molecular formula is C14H27BN5O4. The van der Waals surface area contributed by atoms with E-state index in [9.17, 15) is 19.7 Å². The number of amides is 1. The van der Waals surface area contributed by atoms with Crippen molar-refractivity contribution < 1.29 is 14.6 Å². The molecule has 0 aromatic heterocycles. The van der Waals surface area contributed by atoms with Gasteiger partial charge in [-0.25, -0.2) is 15.1 Å². The number of guanidine groups is 1. The summed E-state index contributed by atoms with van der Waals surface area (Å²) in [5.41, 5.74) is 7.05. The topological polar surface area (TPSA) is 140 Å².